The van der Waals surface area contributed by atoms with Gasteiger partial charge in [0.1, 0.15) is 42.7 Å². The van der Waals surface area contributed by atoms with Crippen molar-refractivity contribution in [3.05, 3.63) is 0 Å². The van der Waals surface area contributed by atoms with Crippen LogP contribution in [0.1, 0.15) is 187 Å². The highest BCUT2D eigenvalue weighted by Crippen LogP contribution is 2.47. The lowest BCUT2D eigenvalue weighted by molar-refractivity contribution is -0.220. The monoisotopic (exact) mass is 783 g/mol. The van der Waals surface area contributed by atoms with E-state index in [4.69, 9.17) is 18.5 Å². The van der Waals surface area contributed by atoms with Crippen LogP contribution in [0.25, 0.3) is 0 Å². The second-order valence-corrected chi connectivity index (χ2v) is 16.6. The van der Waals surface area contributed by atoms with Gasteiger partial charge in [0, 0.05) is 13.0 Å². The number of hydrogen-bond donors (Lipinski definition) is 6. The van der Waals surface area contributed by atoms with Crippen molar-refractivity contribution in [2.75, 3.05) is 19.8 Å². The van der Waals surface area contributed by atoms with E-state index in [2.05, 4.69) is 13.8 Å². The van der Waals surface area contributed by atoms with Gasteiger partial charge in [-0.15, -0.1) is 0 Å². The molecule has 6 N–H and O–H groups in total. The number of rotatable bonds is 36. The molecule has 6 atom stereocenters. The molecule has 53 heavy (non-hydrogen) atoms. The number of unbranched alkanes of at least 4 members (excludes halogenated alkanes) is 24. The van der Waals surface area contributed by atoms with Gasteiger partial charge in [-0.25, -0.2) is 4.57 Å². The van der Waals surface area contributed by atoms with Gasteiger partial charge in [-0.2, -0.15) is 0 Å². The molecular formula is C40H79O12P. The van der Waals surface area contributed by atoms with E-state index in [0.717, 1.165) is 38.5 Å². The number of aliphatic hydroxyl groups excluding tert-OH is 5. The number of phosphoric ester groups is 1. The fourth-order valence-corrected chi connectivity index (χ4v) is 7.74. The molecule has 316 valence electrons. The van der Waals surface area contributed by atoms with Crippen LogP contribution in [0.4, 0.5) is 0 Å². The number of aliphatic hydroxyl groups is 5. The molecule has 0 aliphatic heterocycles. The van der Waals surface area contributed by atoms with Crippen molar-refractivity contribution < 1.29 is 58.3 Å². The molecule has 0 aromatic heterocycles. The Morgan fingerprint density at radius 3 is 1.30 bits per heavy atom. The van der Waals surface area contributed by atoms with E-state index in [9.17, 15) is 39.8 Å². The molecule has 0 aromatic rings. The van der Waals surface area contributed by atoms with E-state index in [1.165, 1.54) is 122 Å². The number of carbonyl (C=O) groups is 1. The van der Waals surface area contributed by atoms with E-state index >= 15 is 0 Å². The van der Waals surface area contributed by atoms with Gasteiger partial charge in [0.2, 0.25) is 0 Å². The molecule has 0 aromatic carbocycles. The maximum Gasteiger partial charge on any atom is 0.472 e. The van der Waals surface area contributed by atoms with Crippen molar-refractivity contribution >= 4 is 13.8 Å². The number of esters is 1. The quantitative estimate of drug-likeness (QED) is 0.0206. The Bertz CT molecular complexity index is 895. The molecule has 1 saturated carbocycles. The maximum atomic E-state index is 12.7. The normalized spacial score (nSPS) is 23.5. The first-order valence-electron chi connectivity index (χ1n) is 21.4. The number of ether oxygens (including phenoxy) is 2. The molecule has 1 rings (SSSR count). The fraction of sp³-hybridized carbons (Fsp3) is 0.975. The van der Waals surface area contributed by atoms with Crippen LogP contribution in [0.5, 0.6) is 0 Å². The Labute approximate surface area is 321 Å². The third kappa shape index (κ3) is 25.3. The molecule has 6 unspecified atom stereocenters. The van der Waals surface area contributed by atoms with Crippen molar-refractivity contribution in [1.29, 1.82) is 0 Å². The van der Waals surface area contributed by atoms with E-state index < -0.39 is 63.1 Å². The van der Waals surface area contributed by atoms with Gasteiger partial charge < -0.3 is 39.9 Å². The van der Waals surface area contributed by atoms with Crippen LogP contribution in [0.3, 0.4) is 0 Å². The summed E-state index contributed by atoms with van der Waals surface area (Å²) in [6.07, 6.45) is 19.1. The van der Waals surface area contributed by atoms with E-state index in [1.807, 2.05) is 0 Å². The zero-order valence-corrected chi connectivity index (χ0v) is 34.2. The van der Waals surface area contributed by atoms with E-state index in [-0.39, 0.29) is 13.0 Å². The van der Waals surface area contributed by atoms with Crippen LogP contribution in [-0.2, 0) is 27.9 Å². The molecule has 0 amide bonds. The van der Waals surface area contributed by atoms with E-state index in [1.54, 1.807) is 0 Å². The smallest absolute Gasteiger partial charge is 0.457 e. The van der Waals surface area contributed by atoms with Gasteiger partial charge in [-0.05, 0) is 12.8 Å². The fourth-order valence-electron chi connectivity index (χ4n) is 6.77. The molecule has 0 bridgehead atoms. The highest BCUT2D eigenvalue weighted by molar-refractivity contribution is 7.47. The van der Waals surface area contributed by atoms with Gasteiger partial charge in [0.15, 0.2) is 0 Å². The van der Waals surface area contributed by atoms with Crippen LogP contribution < -0.4 is 0 Å². The molecular weight excluding hydrogens is 703 g/mol. The molecule has 12 nitrogen and oxygen atoms in total. The lowest BCUT2D eigenvalue weighted by atomic mass is 9.85. The summed E-state index contributed by atoms with van der Waals surface area (Å²) < 4.78 is 34.0. The van der Waals surface area contributed by atoms with Crippen LogP contribution in [-0.4, -0.2) is 98.9 Å². The third-order valence-electron chi connectivity index (χ3n) is 10.2. The summed E-state index contributed by atoms with van der Waals surface area (Å²) in [5, 5.41) is 50.0. The topological polar surface area (TPSA) is 192 Å². The third-order valence-corrected chi connectivity index (χ3v) is 11.2. The van der Waals surface area contributed by atoms with Gasteiger partial charge in [0.05, 0.1) is 13.2 Å². The number of carbonyl (C=O) groups excluding carboxylic acids is 1. The van der Waals surface area contributed by atoms with Crippen LogP contribution in [0, 0.1) is 0 Å². The summed E-state index contributed by atoms with van der Waals surface area (Å²) in [5.74, 6) is -0.477. The highest BCUT2D eigenvalue weighted by atomic mass is 31.2. The second kappa shape index (κ2) is 32.4. The Hall–Kier alpha value is -0.660. The summed E-state index contributed by atoms with van der Waals surface area (Å²) in [7, 11) is -5.00. The molecule has 0 radical (unpaired) electrons. The first kappa shape index (κ1) is 50.4. The predicted octanol–water partition coefficient (Wildman–Crippen LogP) is 7.81. The average Bonchev–Trinajstić information content (AvgIpc) is 3.14. The molecule has 0 saturated heterocycles. The number of hydrogen-bond acceptors (Lipinski definition) is 11. The van der Waals surface area contributed by atoms with Gasteiger partial charge >= 0.3 is 13.8 Å². The summed E-state index contributed by atoms with van der Waals surface area (Å²) in [5.41, 5.74) is 0. The molecule has 1 aliphatic carbocycles. The largest absolute Gasteiger partial charge is 0.472 e. The average molecular weight is 783 g/mol. The Balaban J connectivity index is 2.37. The Kier molecular flexibility index (Phi) is 30.8. The van der Waals surface area contributed by atoms with Crippen molar-refractivity contribution in [2.24, 2.45) is 0 Å². The zero-order chi connectivity index (χ0) is 39.2. The summed E-state index contributed by atoms with van der Waals surface area (Å²) in [6.45, 7) is 4.24. The predicted molar refractivity (Wildman–Crippen MR) is 207 cm³/mol. The van der Waals surface area contributed by atoms with Gasteiger partial charge in [-0.1, -0.05) is 168 Å². The SMILES string of the molecule is CCCCCCCCCCCCCCCCCCCOCC(COP(=O)(O)OC1C(O)C(O)C(O)C(O)C1O)OC(=O)CCCCCCCCCCC. The summed E-state index contributed by atoms with van der Waals surface area (Å²) >= 11 is 0. The first-order chi connectivity index (χ1) is 25.5. The first-order valence-corrected chi connectivity index (χ1v) is 22.9. The van der Waals surface area contributed by atoms with Crippen molar-refractivity contribution in [1.82, 2.24) is 0 Å². The summed E-state index contributed by atoms with van der Waals surface area (Å²) in [4.78, 5) is 23.0. The second-order valence-electron chi connectivity index (χ2n) is 15.2. The minimum atomic E-state index is -5.00. The van der Waals surface area contributed by atoms with Crippen LogP contribution in [0.15, 0.2) is 0 Å². The van der Waals surface area contributed by atoms with Gasteiger partial charge in [0.25, 0.3) is 0 Å². The molecule has 1 fully saturated rings. The zero-order valence-electron chi connectivity index (χ0n) is 33.3. The molecule has 1 aliphatic rings. The molecule has 0 heterocycles. The lowest BCUT2D eigenvalue weighted by Crippen LogP contribution is -2.64. The van der Waals surface area contributed by atoms with Crippen molar-refractivity contribution in [2.45, 2.75) is 230 Å². The lowest BCUT2D eigenvalue weighted by Gasteiger charge is -2.41. The minimum absolute atomic E-state index is 0.0688. The molecule has 0 spiro atoms. The van der Waals surface area contributed by atoms with Gasteiger partial charge in [-0.3, -0.25) is 13.8 Å². The Morgan fingerprint density at radius 1 is 0.528 bits per heavy atom. The van der Waals surface area contributed by atoms with Crippen LogP contribution in [0.2, 0.25) is 0 Å². The minimum Gasteiger partial charge on any atom is -0.457 e. The summed E-state index contributed by atoms with van der Waals surface area (Å²) in [6, 6.07) is 0. The maximum absolute atomic E-state index is 12.7. The van der Waals surface area contributed by atoms with E-state index in [0.29, 0.717) is 13.0 Å². The Morgan fingerprint density at radius 2 is 0.887 bits per heavy atom. The highest BCUT2D eigenvalue weighted by Gasteiger charge is 2.51. The van der Waals surface area contributed by atoms with Crippen molar-refractivity contribution in [3.8, 4) is 0 Å². The standard InChI is InChI=1S/C40H79O12P/c1-3-5-7-9-11-13-14-15-16-17-18-19-20-22-24-26-28-30-49-31-33(51-34(41)29-27-25-23-21-12-10-8-6-4-2)32-50-53(47,48)52-40-38(45)36(43)35(42)37(44)39(40)46/h33,35-40,42-46H,3-32H2,1-2H3,(H,47,48). The number of phosphoric acid groups is 1. The van der Waals surface area contributed by atoms with Crippen molar-refractivity contribution in [3.63, 3.8) is 0 Å². The van der Waals surface area contributed by atoms with Crippen LogP contribution >= 0.6 is 7.82 Å². The molecule has 13 heteroatoms.